The third-order valence-electron chi connectivity index (χ3n) is 3.90. The van der Waals surface area contributed by atoms with Crippen molar-refractivity contribution in [1.29, 1.82) is 0 Å². The molecule has 0 amide bonds. The van der Waals surface area contributed by atoms with Gasteiger partial charge in [-0.2, -0.15) is 0 Å². The number of terminal acetylenes is 1. The van der Waals surface area contributed by atoms with Crippen molar-refractivity contribution in [3.05, 3.63) is 12.2 Å². The van der Waals surface area contributed by atoms with Crippen LogP contribution in [0.5, 0.6) is 0 Å². The summed E-state index contributed by atoms with van der Waals surface area (Å²) in [5.41, 5.74) is 0. The number of allylic oxidation sites excluding steroid dienone is 2. The van der Waals surface area contributed by atoms with Crippen LogP contribution in [0.3, 0.4) is 0 Å². The molecule has 0 fully saturated rings. The first kappa shape index (κ1) is 20.7. The first-order chi connectivity index (χ1) is 10.6. The van der Waals surface area contributed by atoms with Crippen LogP contribution in [0.2, 0.25) is 0 Å². The second kappa shape index (κ2) is 14.7. The molecule has 126 valence electrons. The van der Waals surface area contributed by atoms with Crippen molar-refractivity contribution in [2.24, 2.45) is 5.92 Å². The maximum Gasteiger partial charge on any atom is 0.310 e. The van der Waals surface area contributed by atoms with Crippen LogP contribution in [0.4, 0.5) is 0 Å². The van der Waals surface area contributed by atoms with Gasteiger partial charge in [0.25, 0.3) is 0 Å². The summed E-state index contributed by atoms with van der Waals surface area (Å²) in [6.45, 7) is 2.22. The molecule has 22 heavy (non-hydrogen) atoms. The highest BCUT2D eigenvalue weighted by atomic mass is 16.4. The van der Waals surface area contributed by atoms with Crippen molar-refractivity contribution in [2.45, 2.75) is 83.7 Å². The molecule has 0 aromatic rings. The lowest BCUT2D eigenvalue weighted by molar-refractivity contribution is -0.144. The first-order valence-electron chi connectivity index (χ1n) is 8.65. The largest absolute Gasteiger partial charge is 0.481 e. The van der Waals surface area contributed by atoms with Gasteiger partial charge in [-0.1, -0.05) is 63.5 Å². The highest BCUT2D eigenvalue weighted by Crippen LogP contribution is 2.15. The Morgan fingerprint density at radius 2 is 1.59 bits per heavy atom. The number of aliphatic hydroxyl groups is 1. The quantitative estimate of drug-likeness (QED) is 0.281. The lowest BCUT2D eigenvalue weighted by Gasteiger charge is -2.13. The topological polar surface area (TPSA) is 57.5 Å². The van der Waals surface area contributed by atoms with Gasteiger partial charge in [0.2, 0.25) is 0 Å². The summed E-state index contributed by atoms with van der Waals surface area (Å²) in [6, 6.07) is 0. The molecule has 3 nitrogen and oxygen atoms in total. The SMILES string of the molecule is C#CC(O)C(CCCCCCC=CCCCCCC)C(=O)O. The van der Waals surface area contributed by atoms with Crippen molar-refractivity contribution in [2.75, 3.05) is 0 Å². The Labute approximate surface area is 135 Å². The molecule has 2 unspecified atom stereocenters. The maximum atomic E-state index is 11.0. The number of carboxylic acid groups (broad SMARTS) is 1. The molecule has 0 aromatic carbocycles. The second-order valence-electron chi connectivity index (χ2n) is 5.87. The molecule has 0 aliphatic carbocycles. The van der Waals surface area contributed by atoms with Crippen LogP contribution < -0.4 is 0 Å². The van der Waals surface area contributed by atoms with Crippen LogP contribution in [-0.4, -0.2) is 22.3 Å². The highest BCUT2D eigenvalue weighted by molar-refractivity contribution is 5.71. The minimum atomic E-state index is -1.17. The predicted octanol–water partition coefficient (Wildman–Crippen LogP) is 4.55. The second-order valence-corrected chi connectivity index (χ2v) is 5.87. The molecule has 3 heteroatoms. The standard InChI is InChI=1S/C19H32O3/c1-3-5-6-7-8-9-10-11-12-13-14-15-16-17(19(21)22)18(20)4-2/h2,9-10,17-18,20H,3,5-8,11-16H2,1H3,(H,21,22). The summed E-state index contributed by atoms with van der Waals surface area (Å²) >= 11 is 0. The number of hydrogen-bond donors (Lipinski definition) is 2. The van der Waals surface area contributed by atoms with Crippen LogP contribution in [-0.2, 0) is 4.79 Å². The summed E-state index contributed by atoms with van der Waals surface area (Å²) in [5.74, 6) is 0.276. The Bertz CT molecular complexity index is 341. The molecular weight excluding hydrogens is 276 g/mol. The minimum Gasteiger partial charge on any atom is -0.481 e. The number of hydrogen-bond acceptors (Lipinski definition) is 2. The molecule has 0 aliphatic rings. The Morgan fingerprint density at radius 1 is 1.05 bits per heavy atom. The monoisotopic (exact) mass is 308 g/mol. The molecule has 0 spiro atoms. The van der Waals surface area contributed by atoms with E-state index >= 15 is 0 Å². The molecule has 0 aromatic heterocycles. The van der Waals surface area contributed by atoms with E-state index in [0.717, 1.165) is 32.1 Å². The van der Waals surface area contributed by atoms with Gasteiger partial charge in [-0.3, -0.25) is 4.79 Å². The molecule has 0 heterocycles. The molecule has 2 N–H and O–H groups in total. The number of rotatable bonds is 14. The van der Waals surface area contributed by atoms with Crippen LogP contribution in [0.1, 0.15) is 77.6 Å². The fourth-order valence-corrected chi connectivity index (χ4v) is 2.44. The average molecular weight is 308 g/mol. The van der Waals surface area contributed by atoms with E-state index in [9.17, 15) is 9.90 Å². The highest BCUT2D eigenvalue weighted by Gasteiger charge is 2.23. The maximum absolute atomic E-state index is 11.0. The fourth-order valence-electron chi connectivity index (χ4n) is 2.44. The van der Waals surface area contributed by atoms with E-state index in [1.165, 1.54) is 32.1 Å². The van der Waals surface area contributed by atoms with Gasteiger partial charge in [-0.15, -0.1) is 6.42 Å². The molecule has 0 radical (unpaired) electrons. The third-order valence-corrected chi connectivity index (χ3v) is 3.90. The van der Waals surface area contributed by atoms with Crippen LogP contribution in [0.25, 0.3) is 0 Å². The average Bonchev–Trinajstić information content (AvgIpc) is 2.51. The summed E-state index contributed by atoms with van der Waals surface area (Å²) in [6.07, 6.45) is 20.4. The Balaban J connectivity index is 3.51. The van der Waals surface area contributed by atoms with Crippen molar-refractivity contribution in [3.63, 3.8) is 0 Å². The van der Waals surface area contributed by atoms with E-state index in [1.54, 1.807) is 0 Å². The van der Waals surface area contributed by atoms with E-state index in [2.05, 4.69) is 25.0 Å². The summed E-state index contributed by atoms with van der Waals surface area (Å²) < 4.78 is 0. The molecule has 2 atom stereocenters. The molecule has 0 saturated heterocycles. The van der Waals surface area contributed by atoms with Crippen molar-refractivity contribution < 1.29 is 15.0 Å². The lowest BCUT2D eigenvalue weighted by Crippen LogP contribution is -2.26. The van der Waals surface area contributed by atoms with Gasteiger partial charge in [-0.05, 0) is 32.1 Å². The number of carbonyl (C=O) groups is 1. The van der Waals surface area contributed by atoms with Gasteiger partial charge in [0, 0.05) is 0 Å². The van der Waals surface area contributed by atoms with Gasteiger partial charge in [0.1, 0.15) is 6.10 Å². The van der Waals surface area contributed by atoms with Gasteiger partial charge in [0.05, 0.1) is 5.92 Å². The summed E-state index contributed by atoms with van der Waals surface area (Å²) in [4.78, 5) is 11.0. The smallest absolute Gasteiger partial charge is 0.310 e. The zero-order valence-corrected chi connectivity index (χ0v) is 14.0. The number of carboxylic acids is 1. The Kier molecular flexibility index (Phi) is 13.8. The predicted molar refractivity (Wildman–Crippen MR) is 91.6 cm³/mol. The molecule has 0 bridgehead atoms. The van der Waals surface area contributed by atoms with E-state index in [0.29, 0.717) is 6.42 Å². The Morgan fingerprint density at radius 3 is 2.09 bits per heavy atom. The van der Waals surface area contributed by atoms with Gasteiger partial charge >= 0.3 is 5.97 Å². The van der Waals surface area contributed by atoms with Crippen molar-refractivity contribution in [3.8, 4) is 12.3 Å². The Hall–Kier alpha value is -1.27. The van der Waals surface area contributed by atoms with Gasteiger partial charge < -0.3 is 10.2 Å². The van der Waals surface area contributed by atoms with E-state index in [-0.39, 0.29) is 0 Å². The minimum absolute atomic E-state index is 0.452. The van der Waals surface area contributed by atoms with E-state index in [1.807, 2.05) is 0 Å². The van der Waals surface area contributed by atoms with E-state index in [4.69, 9.17) is 11.5 Å². The molecule has 0 aliphatic heterocycles. The van der Waals surface area contributed by atoms with Gasteiger partial charge in [0.15, 0.2) is 0 Å². The first-order valence-corrected chi connectivity index (χ1v) is 8.65. The van der Waals surface area contributed by atoms with Crippen LogP contribution in [0.15, 0.2) is 12.2 Å². The third kappa shape index (κ3) is 11.4. The van der Waals surface area contributed by atoms with Crippen molar-refractivity contribution >= 4 is 5.97 Å². The summed E-state index contributed by atoms with van der Waals surface area (Å²) in [5, 5.41) is 18.4. The number of aliphatic carboxylic acids is 1. The van der Waals surface area contributed by atoms with E-state index < -0.39 is 18.0 Å². The normalized spacial score (nSPS) is 13.9. The number of aliphatic hydroxyl groups excluding tert-OH is 1. The van der Waals surface area contributed by atoms with Crippen LogP contribution in [0, 0.1) is 18.3 Å². The zero-order chi connectivity index (χ0) is 16.6. The number of unbranched alkanes of at least 4 members (excludes halogenated alkanes) is 8. The molecule has 0 saturated carbocycles. The van der Waals surface area contributed by atoms with Crippen molar-refractivity contribution in [1.82, 2.24) is 0 Å². The molecule has 0 rings (SSSR count). The lowest BCUT2D eigenvalue weighted by atomic mass is 9.95. The molecular formula is C19H32O3. The zero-order valence-electron chi connectivity index (χ0n) is 14.0. The fraction of sp³-hybridized carbons (Fsp3) is 0.737. The van der Waals surface area contributed by atoms with Crippen LogP contribution >= 0.6 is 0 Å². The van der Waals surface area contributed by atoms with Gasteiger partial charge in [-0.25, -0.2) is 0 Å². The summed E-state index contributed by atoms with van der Waals surface area (Å²) in [7, 11) is 0.